The van der Waals surface area contributed by atoms with Crippen LogP contribution in [0.4, 0.5) is 0 Å². The lowest BCUT2D eigenvalue weighted by Gasteiger charge is -2.13. The van der Waals surface area contributed by atoms with Crippen LogP contribution in [0.25, 0.3) is 0 Å². The van der Waals surface area contributed by atoms with Crippen molar-refractivity contribution in [3.05, 3.63) is 30.1 Å². The van der Waals surface area contributed by atoms with Crippen molar-refractivity contribution in [2.45, 2.75) is 25.0 Å². The summed E-state index contributed by atoms with van der Waals surface area (Å²) in [6, 6.07) is 2.86. The van der Waals surface area contributed by atoms with Gasteiger partial charge in [0.2, 0.25) is 5.91 Å². The number of hydrogen-bond acceptors (Lipinski definition) is 5. The average molecular weight is 249 g/mol. The Morgan fingerprint density at radius 1 is 1.56 bits per heavy atom. The van der Waals surface area contributed by atoms with Crippen LogP contribution in [0.5, 0.6) is 0 Å². The third kappa shape index (κ3) is 2.91. The number of amides is 2. The molecule has 6 nitrogen and oxygen atoms in total. The van der Waals surface area contributed by atoms with E-state index in [4.69, 9.17) is 0 Å². The lowest BCUT2D eigenvalue weighted by atomic mass is 10.1. The molecule has 6 heteroatoms. The first-order valence-electron chi connectivity index (χ1n) is 5.84. The molecule has 2 unspecified atom stereocenters. The normalized spacial score (nSPS) is 20.4. The van der Waals surface area contributed by atoms with Gasteiger partial charge in [0.25, 0.3) is 5.91 Å². The molecular weight excluding hydrogens is 234 g/mol. The Hall–Kier alpha value is -1.79. The molecule has 3 N–H and O–H groups in total. The number of hydrogen-bond donors (Lipinski definition) is 3. The van der Waals surface area contributed by atoms with E-state index < -0.39 is 12.0 Å². The van der Waals surface area contributed by atoms with Gasteiger partial charge in [-0.25, -0.2) is 0 Å². The van der Waals surface area contributed by atoms with Crippen molar-refractivity contribution in [3.63, 3.8) is 0 Å². The van der Waals surface area contributed by atoms with E-state index in [1.807, 2.05) is 0 Å². The first-order valence-corrected chi connectivity index (χ1v) is 5.84. The molecule has 1 aromatic heterocycles. The van der Waals surface area contributed by atoms with Crippen LogP contribution in [0.1, 0.15) is 24.5 Å². The van der Waals surface area contributed by atoms with Gasteiger partial charge in [-0.1, -0.05) is 6.07 Å². The van der Waals surface area contributed by atoms with Gasteiger partial charge in [0.05, 0.1) is 6.04 Å². The monoisotopic (exact) mass is 249 g/mol. The second-order valence-electron chi connectivity index (χ2n) is 4.19. The highest BCUT2D eigenvalue weighted by molar-refractivity contribution is 5.99. The number of aliphatic hydroxyl groups is 1. The molecule has 2 amide bonds. The number of carbonyl (C=O) groups excluding carboxylic acids is 2. The lowest BCUT2D eigenvalue weighted by molar-refractivity contribution is -0.136. The van der Waals surface area contributed by atoms with E-state index in [1.54, 1.807) is 18.3 Å². The summed E-state index contributed by atoms with van der Waals surface area (Å²) >= 11 is 0. The number of aromatic nitrogens is 1. The molecule has 96 valence electrons. The molecule has 18 heavy (non-hydrogen) atoms. The zero-order valence-electron chi connectivity index (χ0n) is 9.80. The second-order valence-corrected chi connectivity index (χ2v) is 4.19. The summed E-state index contributed by atoms with van der Waals surface area (Å²) in [6.07, 6.45) is 3.19. The summed E-state index contributed by atoms with van der Waals surface area (Å²) in [6.45, 7) is 0.775. The molecule has 2 atom stereocenters. The van der Waals surface area contributed by atoms with Crippen molar-refractivity contribution in [1.82, 2.24) is 15.6 Å². The quantitative estimate of drug-likeness (QED) is 0.672. The minimum Gasteiger partial charge on any atom is -0.378 e. The highest BCUT2D eigenvalue weighted by Gasteiger charge is 2.26. The van der Waals surface area contributed by atoms with E-state index in [0.29, 0.717) is 12.0 Å². The Balaban J connectivity index is 1.93. The predicted molar refractivity (Wildman–Crippen MR) is 63.4 cm³/mol. The van der Waals surface area contributed by atoms with Gasteiger partial charge in [-0.05, 0) is 25.5 Å². The molecule has 0 saturated carbocycles. The van der Waals surface area contributed by atoms with Crippen molar-refractivity contribution in [2.75, 3.05) is 6.54 Å². The highest BCUT2D eigenvalue weighted by Crippen LogP contribution is 2.11. The number of nitrogens with zero attached hydrogens (tertiary/aromatic N) is 1. The number of aliphatic hydroxyl groups excluding tert-OH is 1. The molecule has 1 saturated heterocycles. The number of nitrogens with one attached hydrogen (secondary N) is 2. The smallest absolute Gasteiger partial charge is 0.260 e. The summed E-state index contributed by atoms with van der Waals surface area (Å²) in [5.74, 6) is -1.11. The Morgan fingerprint density at radius 2 is 2.39 bits per heavy atom. The topological polar surface area (TPSA) is 91.3 Å². The van der Waals surface area contributed by atoms with Crippen LogP contribution >= 0.6 is 0 Å². The lowest BCUT2D eigenvalue weighted by Crippen LogP contribution is -2.44. The zero-order chi connectivity index (χ0) is 13.0. The van der Waals surface area contributed by atoms with Gasteiger partial charge < -0.3 is 10.4 Å². The molecule has 0 spiro atoms. The van der Waals surface area contributed by atoms with Gasteiger partial charge in [-0.2, -0.15) is 0 Å². The minimum absolute atomic E-state index is 0.338. The molecule has 1 aliphatic heterocycles. The predicted octanol–water partition coefficient (Wildman–Crippen LogP) is -0.490. The Kier molecular flexibility index (Phi) is 4.01. The third-order valence-electron chi connectivity index (χ3n) is 2.87. The second kappa shape index (κ2) is 5.70. The SMILES string of the molecule is O=C(NC(=O)C(O)c1cccnc1)C1CCCN1. The van der Waals surface area contributed by atoms with Crippen LogP contribution in [-0.2, 0) is 9.59 Å². The Labute approximate surface area is 104 Å². The minimum atomic E-state index is -1.37. The summed E-state index contributed by atoms with van der Waals surface area (Å²) in [5.41, 5.74) is 0.363. The summed E-state index contributed by atoms with van der Waals surface area (Å²) in [7, 11) is 0. The maximum atomic E-state index is 11.7. The summed E-state index contributed by atoms with van der Waals surface area (Å²) < 4.78 is 0. The summed E-state index contributed by atoms with van der Waals surface area (Å²) in [4.78, 5) is 27.2. The fourth-order valence-electron chi connectivity index (χ4n) is 1.87. The van der Waals surface area contributed by atoms with E-state index >= 15 is 0 Å². The van der Waals surface area contributed by atoms with E-state index in [2.05, 4.69) is 15.6 Å². The standard InChI is InChI=1S/C12H15N3O3/c16-10(8-3-1-5-13-7-8)12(18)15-11(17)9-4-2-6-14-9/h1,3,5,7,9-10,14,16H,2,4,6H2,(H,15,17,18). The van der Waals surface area contributed by atoms with Crippen LogP contribution in [0.3, 0.4) is 0 Å². The molecule has 0 aromatic carbocycles. The van der Waals surface area contributed by atoms with Crippen LogP contribution in [0.2, 0.25) is 0 Å². The van der Waals surface area contributed by atoms with Crippen molar-refractivity contribution < 1.29 is 14.7 Å². The van der Waals surface area contributed by atoms with E-state index in [1.165, 1.54) is 6.20 Å². The fourth-order valence-corrected chi connectivity index (χ4v) is 1.87. The number of carbonyl (C=O) groups is 2. The molecule has 2 heterocycles. The van der Waals surface area contributed by atoms with E-state index in [0.717, 1.165) is 13.0 Å². The van der Waals surface area contributed by atoms with Crippen molar-refractivity contribution >= 4 is 11.8 Å². The highest BCUT2D eigenvalue weighted by atomic mass is 16.3. The number of rotatable bonds is 3. The van der Waals surface area contributed by atoms with Crippen LogP contribution in [-0.4, -0.2) is 34.5 Å². The van der Waals surface area contributed by atoms with Gasteiger partial charge >= 0.3 is 0 Å². The fraction of sp³-hybridized carbons (Fsp3) is 0.417. The number of pyridine rings is 1. The molecule has 1 aromatic rings. The summed E-state index contributed by atoms with van der Waals surface area (Å²) in [5, 5.41) is 14.9. The Morgan fingerprint density at radius 3 is 3.00 bits per heavy atom. The van der Waals surface area contributed by atoms with Crippen molar-refractivity contribution in [1.29, 1.82) is 0 Å². The maximum absolute atomic E-state index is 11.7. The Bertz CT molecular complexity index is 429. The first kappa shape index (κ1) is 12.7. The largest absolute Gasteiger partial charge is 0.378 e. The van der Waals surface area contributed by atoms with Crippen LogP contribution < -0.4 is 10.6 Å². The van der Waals surface area contributed by atoms with Crippen molar-refractivity contribution in [2.24, 2.45) is 0 Å². The molecule has 0 aliphatic carbocycles. The third-order valence-corrected chi connectivity index (χ3v) is 2.87. The molecular formula is C12H15N3O3. The molecule has 0 bridgehead atoms. The molecule has 1 fully saturated rings. The molecule has 2 rings (SSSR count). The van der Waals surface area contributed by atoms with Crippen LogP contribution in [0.15, 0.2) is 24.5 Å². The maximum Gasteiger partial charge on any atom is 0.260 e. The average Bonchev–Trinajstić information content (AvgIpc) is 2.92. The molecule has 0 radical (unpaired) electrons. The van der Waals surface area contributed by atoms with Gasteiger partial charge in [0, 0.05) is 18.0 Å². The van der Waals surface area contributed by atoms with Crippen molar-refractivity contribution in [3.8, 4) is 0 Å². The zero-order valence-corrected chi connectivity index (χ0v) is 9.80. The van der Waals surface area contributed by atoms with E-state index in [-0.39, 0.29) is 11.9 Å². The van der Waals surface area contributed by atoms with Gasteiger partial charge in [-0.15, -0.1) is 0 Å². The van der Waals surface area contributed by atoms with Gasteiger partial charge in [-0.3, -0.25) is 19.9 Å². The number of imide groups is 1. The molecule has 1 aliphatic rings. The first-order chi connectivity index (χ1) is 8.68. The van der Waals surface area contributed by atoms with Crippen LogP contribution in [0, 0.1) is 0 Å². The van der Waals surface area contributed by atoms with E-state index in [9.17, 15) is 14.7 Å². The van der Waals surface area contributed by atoms with Gasteiger partial charge in [0.1, 0.15) is 0 Å². The van der Waals surface area contributed by atoms with Gasteiger partial charge in [0.15, 0.2) is 6.10 Å².